The molecule has 0 amide bonds. The predicted molar refractivity (Wildman–Crippen MR) is 101 cm³/mol. The van der Waals surface area contributed by atoms with Crippen LogP contribution < -0.4 is 0 Å². The molecule has 0 saturated carbocycles. The number of carbonyl (C=O) groups is 1. The molecule has 2 rings (SSSR count). The summed E-state index contributed by atoms with van der Waals surface area (Å²) in [6, 6.07) is 0. The van der Waals surface area contributed by atoms with E-state index in [1.165, 1.54) is 29.2 Å². The molecule has 0 heterocycles. The monoisotopic (exact) mass is 328 g/mol. The van der Waals surface area contributed by atoms with E-state index in [9.17, 15) is 4.79 Å². The molecule has 2 nitrogen and oxygen atoms in total. The van der Waals surface area contributed by atoms with Gasteiger partial charge in [0.15, 0.2) is 0 Å². The summed E-state index contributed by atoms with van der Waals surface area (Å²) in [4.78, 5) is 11.5. The van der Waals surface area contributed by atoms with Crippen molar-refractivity contribution in [2.45, 2.75) is 78.7 Å². The SMILES string of the molecule is CC(=O)OC(C)(C)C1C=C2C=C2CCC=C(C)CCC=C(C)CC1. The summed E-state index contributed by atoms with van der Waals surface area (Å²) in [7, 11) is 0. The molecule has 2 aliphatic carbocycles. The maximum absolute atomic E-state index is 11.5. The molecule has 0 aromatic rings. The molecule has 0 bridgehead atoms. The Balaban J connectivity index is 2.16. The van der Waals surface area contributed by atoms with E-state index in [1.807, 2.05) is 13.8 Å². The highest BCUT2D eigenvalue weighted by atomic mass is 16.6. The largest absolute Gasteiger partial charge is 0.459 e. The third kappa shape index (κ3) is 5.81. The summed E-state index contributed by atoms with van der Waals surface area (Å²) in [5.41, 5.74) is 5.30. The number of carbonyl (C=O) groups excluding carboxylic acids is 1. The molecule has 24 heavy (non-hydrogen) atoms. The van der Waals surface area contributed by atoms with E-state index in [1.54, 1.807) is 0 Å². The van der Waals surface area contributed by atoms with E-state index in [2.05, 4.69) is 38.2 Å². The van der Waals surface area contributed by atoms with Crippen LogP contribution in [0.3, 0.4) is 0 Å². The third-order valence-corrected chi connectivity index (χ3v) is 5.09. The second-order valence-electron chi connectivity index (χ2n) is 7.81. The Morgan fingerprint density at radius 2 is 1.71 bits per heavy atom. The summed E-state index contributed by atoms with van der Waals surface area (Å²) in [5, 5.41) is 0. The molecule has 2 heteroatoms. The van der Waals surface area contributed by atoms with E-state index in [0.29, 0.717) is 0 Å². The Bertz CT molecular complexity index is 599. The van der Waals surface area contributed by atoms with Gasteiger partial charge < -0.3 is 4.74 Å². The van der Waals surface area contributed by atoms with Gasteiger partial charge >= 0.3 is 5.97 Å². The first-order valence-corrected chi connectivity index (χ1v) is 9.21. The Morgan fingerprint density at radius 1 is 1.08 bits per heavy atom. The summed E-state index contributed by atoms with van der Waals surface area (Å²) in [6.07, 6.45) is 15.9. The first-order chi connectivity index (χ1) is 11.3. The molecule has 0 aliphatic heterocycles. The fourth-order valence-electron chi connectivity index (χ4n) is 3.43. The lowest BCUT2D eigenvalue weighted by Crippen LogP contribution is -2.35. The molecule has 0 fully saturated rings. The molecule has 0 spiro atoms. The van der Waals surface area contributed by atoms with Crippen LogP contribution in [0.15, 0.2) is 46.6 Å². The van der Waals surface area contributed by atoms with Crippen molar-refractivity contribution >= 4 is 5.97 Å². The minimum atomic E-state index is -0.464. The van der Waals surface area contributed by atoms with Crippen molar-refractivity contribution in [1.82, 2.24) is 0 Å². The van der Waals surface area contributed by atoms with Crippen LogP contribution in [0.2, 0.25) is 0 Å². The van der Waals surface area contributed by atoms with E-state index < -0.39 is 5.60 Å². The highest BCUT2D eigenvalue weighted by Gasteiger charge is 2.32. The lowest BCUT2D eigenvalue weighted by atomic mass is 9.84. The molecule has 2 aliphatic rings. The molecule has 0 N–H and O–H groups in total. The topological polar surface area (TPSA) is 26.3 Å². The smallest absolute Gasteiger partial charge is 0.303 e. The van der Waals surface area contributed by atoms with Gasteiger partial charge in [0.25, 0.3) is 0 Å². The third-order valence-electron chi connectivity index (χ3n) is 5.09. The van der Waals surface area contributed by atoms with Crippen LogP contribution in [0.5, 0.6) is 0 Å². The number of allylic oxidation sites excluding steroid dienone is 7. The van der Waals surface area contributed by atoms with E-state index in [4.69, 9.17) is 4.74 Å². The normalized spacial score (nSPS) is 23.0. The quantitative estimate of drug-likeness (QED) is 0.455. The van der Waals surface area contributed by atoms with Crippen LogP contribution in [0.4, 0.5) is 0 Å². The van der Waals surface area contributed by atoms with Crippen molar-refractivity contribution in [3.63, 3.8) is 0 Å². The zero-order valence-electron chi connectivity index (χ0n) is 15.9. The van der Waals surface area contributed by atoms with E-state index >= 15 is 0 Å². The molecule has 132 valence electrons. The fraction of sp³-hybridized carbons (Fsp3) is 0.591. The molecule has 0 saturated heterocycles. The van der Waals surface area contributed by atoms with Crippen molar-refractivity contribution in [3.8, 4) is 0 Å². The van der Waals surface area contributed by atoms with Crippen molar-refractivity contribution in [1.29, 1.82) is 0 Å². The second kappa shape index (κ2) is 8.00. The molecule has 1 atom stereocenters. The average Bonchev–Trinajstić information content (AvgIpc) is 3.19. The van der Waals surface area contributed by atoms with Crippen molar-refractivity contribution in [3.05, 3.63) is 46.6 Å². The zero-order valence-corrected chi connectivity index (χ0v) is 15.9. The van der Waals surface area contributed by atoms with Crippen molar-refractivity contribution in [2.75, 3.05) is 0 Å². The second-order valence-corrected chi connectivity index (χ2v) is 7.81. The Hall–Kier alpha value is -1.57. The standard InChI is InChI=1S/C22H32O2/c1-16-8-6-9-17(2)12-13-21(22(4,5)24-18(3)23)15-20-14-19(20)11-7-10-16/h9-10,14-15,21H,6-8,11-13H2,1-5H3. The van der Waals surface area contributed by atoms with Gasteiger partial charge in [0.1, 0.15) is 5.60 Å². The fourth-order valence-corrected chi connectivity index (χ4v) is 3.43. The van der Waals surface area contributed by atoms with Crippen LogP contribution in [-0.4, -0.2) is 11.6 Å². The molecule has 0 aromatic carbocycles. The van der Waals surface area contributed by atoms with E-state index in [-0.39, 0.29) is 11.9 Å². The number of ether oxygens (including phenoxy) is 1. The van der Waals surface area contributed by atoms with Crippen LogP contribution in [0, 0.1) is 5.92 Å². The summed E-state index contributed by atoms with van der Waals surface area (Å²) >= 11 is 0. The van der Waals surface area contributed by atoms with Gasteiger partial charge in [-0.15, -0.1) is 0 Å². The molecular weight excluding hydrogens is 296 g/mol. The van der Waals surface area contributed by atoms with Crippen LogP contribution >= 0.6 is 0 Å². The maximum Gasteiger partial charge on any atom is 0.303 e. The lowest BCUT2D eigenvalue weighted by Gasteiger charge is -2.32. The number of hydrogen-bond donors (Lipinski definition) is 0. The van der Waals surface area contributed by atoms with Crippen molar-refractivity contribution < 1.29 is 9.53 Å². The van der Waals surface area contributed by atoms with Gasteiger partial charge in [0, 0.05) is 12.8 Å². The molecule has 1 unspecified atom stereocenters. The van der Waals surface area contributed by atoms with Gasteiger partial charge in [-0.2, -0.15) is 0 Å². The zero-order chi connectivity index (χ0) is 17.7. The van der Waals surface area contributed by atoms with Crippen molar-refractivity contribution in [2.24, 2.45) is 5.92 Å². The highest BCUT2D eigenvalue weighted by Crippen LogP contribution is 2.38. The Morgan fingerprint density at radius 3 is 2.38 bits per heavy atom. The molecule has 0 radical (unpaired) electrons. The first kappa shape index (κ1) is 18.8. The average molecular weight is 328 g/mol. The lowest BCUT2D eigenvalue weighted by molar-refractivity contribution is -0.157. The number of fused-ring (bicyclic) bond motifs is 1. The van der Waals surface area contributed by atoms with E-state index in [0.717, 1.165) is 38.5 Å². The van der Waals surface area contributed by atoms with Gasteiger partial charge in [-0.3, -0.25) is 4.79 Å². The summed E-state index contributed by atoms with van der Waals surface area (Å²) in [6.45, 7) is 10.0. The Labute approximate surface area is 147 Å². The Kier molecular flexibility index (Phi) is 6.26. The number of esters is 1. The maximum atomic E-state index is 11.5. The van der Waals surface area contributed by atoms with Gasteiger partial charge in [0.05, 0.1) is 0 Å². The number of hydrogen-bond acceptors (Lipinski definition) is 2. The van der Waals surface area contributed by atoms with Gasteiger partial charge in [-0.1, -0.05) is 35.5 Å². The van der Waals surface area contributed by atoms with Gasteiger partial charge in [0.2, 0.25) is 0 Å². The minimum Gasteiger partial charge on any atom is -0.459 e. The van der Waals surface area contributed by atoms with Crippen LogP contribution in [0.25, 0.3) is 0 Å². The van der Waals surface area contributed by atoms with Crippen LogP contribution in [0.1, 0.15) is 73.1 Å². The number of rotatable bonds is 2. The van der Waals surface area contributed by atoms with Gasteiger partial charge in [-0.25, -0.2) is 0 Å². The molecule has 0 aromatic heterocycles. The highest BCUT2D eigenvalue weighted by molar-refractivity contribution is 5.66. The minimum absolute atomic E-state index is 0.199. The summed E-state index contributed by atoms with van der Waals surface area (Å²) < 4.78 is 5.63. The van der Waals surface area contributed by atoms with Gasteiger partial charge in [-0.05, 0) is 77.4 Å². The summed E-state index contributed by atoms with van der Waals surface area (Å²) in [5.74, 6) is 0.0448. The van der Waals surface area contributed by atoms with Crippen LogP contribution in [-0.2, 0) is 9.53 Å². The molecular formula is C22H32O2. The predicted octanol–water partition coefficient (Wildman–Crippen LogP) is 6.06. The first-order valence-electron chi connectivity index (χ1n) is 9.21.